The zero-order valence-corrected chi connectivity index (χ0v) is 12.0. The first-order valence-corrected chi connectivity index (χ1v) is 6.88. The zero-order chi connectivity index (χ0) is 14.3. The number of nitrogens with zero attached hydrogens (tertiary/aromatic N) is 2. The summed E-state index contributed by atoms with van der Waals surface area (Å²) in [6.07, 6.45) is 2.02. The minimum absolute atomic E-state index is 0.0618. The van der Waals surface area contributed by atoms with E-state index in [4.69, 9.17) is 11.6 Å². The van der Waals surface area contributed by atoms with Gasteiger partial charge in [0.25, 0.3) is 0 Å². The molecule has 20 heavy (non-hydrogen) atoms. The summed E-state index contributed by atoms with van der Waals surface area (Å²) in [5, 5.41) is 3.50. The standard InChI is InChI=1S/C15H14ClN3O/c1-8(2)15-17-7-9-5-13(20)18-12-4-3-10(16)6-11(12)14(9)19-15/h3-4,6-8H,5H2,1-2H3,(H,18,20). The number of carbonyl (C=O) groups is 1. The summed E-state index contributed by atoms with van der Waals surface area (Å²) in [7, 11) is 0. The topological polar surface area (TPSA) is 54.9 Å². The first-order valence-electron chi connectivity index (χ1n) is 6.50. The molecule has 0 spiro atoms. The van der Waals surface area contributed by atoms with Gasteiger partial charge in [-0.2, -0.15) is 0 Å². The van der Waals surface area contributed by atoms with Crippen LogP contribution < -0.4 is 5.32 Å². The molecule has 0 radical (unpaired) electrons. The molecule has 0 unspecified atom stereocenters. The van der Waals surface area contributed by atoms with Crippen LogP contribution in [-0.4, -0.2) is 15.9 Å². The number of benzene rings is 1. The Morgan fingerprint density at radius 1 is 1.35 bits per heavy atom. The van der Waals surface area contributed by atoms with Crippen LogP contribution >= 0.6 is 11.6 Å². The average Bonchev–Trinajstić information content (AvgIpc) is 2.53. The molecule has 0 saturated carbocycles. The molecule has 0 atom stereocenters. The molecule has 102 valence electrons. The summed E-state index contributed by atoms with van der Waals surface area (Å²) in [4.78, 5) is 20.9. The molecule has 0 saturated heterocycles. The monoisotopic (exact) mass is 287 g/mol. The molecular weight excluding hydrogens is 274 g/mol. The molecule has 1 N–H and O–H groups in total. The first kappa shape index (κ1) is 13.1. The van der Waals surface area contributed by atoms with E-state index in [0.29, 0.717) is 5.02 Å². The van der Waals surface area contributed by atoms with Gasteiger partial charge in [-0.15, -0.1) is 0 Å². The van der Waals surface area contributed by atoms with E-state index in [9.17, 15) is 4.79 Å². The number of carbonyl (C=O) groups excluding carboxylic acids is 1. The molecule has 0 bridgehead atoms. The molecule has 2 heterocycles. The molecular formula is C15H14ClN3O. The Bertz CT molecular complexity index is 698. The molecule has 4 nitrogen and oxygen atoms in total. The van der Waals surface area contributed by atoms with Crippen molar-refractivity contribution >= 4 is 23.2 Å². The number of fused-ring (bicyclic) bond motifs is 3. The minimum atomic E-state index is -0.0618. The molecule has 2 aromatic rings. The quantitative estimate of drug-likeness (QED) is 0.874. The van der Waals surface area contributed by atoms with Crippen LogP contribution in [0.25, 0.3) is 11.3 Å². The van der Waals surface area contributed by atoms with E-state index in [1.807, 2.05) is 26.0 Å². The van der Waals surface area contributed by atoms with Crippen LogP contribution in [0, 0.1) is 0 Å². The maximum absolute atomic E-state index is 11.9. The van der Waals surface area contributed by atoms with Gasteiger partial charge in [-0.05, 0) is 18.2 Å². The Morgan fingerprint density at radius 2 is 2.15 bits per heavy atom. The molecule has 1 aromatic heterocycles. The molecule has 1 aliphatic rings. The highest BCUT2D eigenvalue weighted by atomic mass is 35.5. The summed E-state index contributed by atoms with van der Waals surface area (Å²) < 4.78 is 0. The van der Waals surface area contributed by atoms with Crippen molar-refractivity contribution in [3.8, 4) is 11.3 Å². The number of aromatic nitrogens is 2. The van der Waals surface area contributed by atoms with Crippen molar-refractivity contribution < 1.29 is 4.79 Å². The fourth-order valence-corrected chi connectivity index (χ4v) is 2.42. The molecule has 1 aliphatic heterocycles. The Morgan fingerprint density at radius 3 is 2.90 bits per heavy atom. The fourth-order valence-electron chi connectivity index (χ4n) is 2.25. The number of hydrogen-bond donors (Lipinski definition) is 1. The normalized spacial score (nSPS) is 13.5. The fraction of sp³-hybridized carbons (Fsp3) is 0.267. The van der Waals surface area contributed by atoms with Gasteiger partial charge in [0.1, 0.15) is 5.82 Å². The smallest absolute Gasteiger partial charge is 0.228 e. The van der Waals surface area contributed by atoms with Gasteiger partial charge in [0.2, 0.25) is 5.91 Å². The lowest BCUT2D eigenvalue weighted by atomic mass is 10.0. The van der Waals surface area contributed by atoms with Crippen LogP contribution in [-0.2, 0) is 11.2 Å². The third-order valence-electron chi connectivity index (χ3n) is 3.26. The molecule has 3 rings (SSSR count). The van der Waals surface area contributed by atoms with Crippen molar-refractivity contribution in [3.05, 3.63) is 40.8 Å². The molecule has 1 aromatic carbocycles. The van der Waals surface area contributed by atoms with Gasteiger partial charge >= 0.3 is 0 Å². The van der Waals surface area contributed by atoms with Gasteiger partial charge < -0.3 is 5.32 Å². The number of nitrogens with one attached hydrogen (secondary N) is 1. The molecule has 0 aliphatic carbocycles. The summed E-state index contributed by atoms with van der Waals surface area (Å²) in [6, 6.07) is 5.40. The second kappa shape index (κ2) is 4.87. The maximum Gasteiger partial charge on any atom is 0.228 e. The predicted octanol–water partition coefficient (Wildman–Crippen LogP) is 3.42. The molecule has 5 heteroatoms. The van der Waals surface area contributed by atoms with E-state index in [2.05, 4.69) is 15.3 Å². The zero-order valence-electron chi connectivity index (χ0n) is 11.3. The van der Waals surface area contributed by atoms with E-state index in [1.54, 1.807) is 12.3 Å². The second-order valence-electron chi connectivity index (χ2n) is 5.17. The average molecular weight is 288 g/mol. The van der Waals surface area contributed by atoms with Crippen LogP contribution in [0.2, 0.25) is 5.02 Å². The van der Waals surface area contributed by atoms with Crippen molar-refractivity contribution in [2.24, 2.45) is 0 Å². The van der Waals surface area contributed by atoms with Gasteiger partial charge in [0.15, 0.2) is 0 Å². The van der Waals surface area contributed by atoms with E-state index in [1.165, 1.54) is 0 Å². The van der Waals surface area contributed by atoms with Gasteiger partial charge in [-0.1, -0.05) is 25.4 Å². The lowest BCUT2D eigenvalue weighted by Gasteiger charge is -2.11. The van der Waals surface area contributed by atoms with Crippen LogP contribution in [0.3, 0.4) is 0 Å². The third-order valence-corrected chi connectivity index (χ3v) is 3.50. The van der Waals surface area contributed by atoms with Crippen molar-refractivity contribution in [2.45, 2.75) is 26.2 Å². The van der Waals surface area contributed by atoms with Crippen molar-refractivity contribution in [1.29, 1.82) is 0 Å². The highest BCUT2D eigenvalue weighted by molar-refractivity contribution is 6.31. The lowest BCUT2D eigenvalue weighted by molar-refractivity contribution is -0.115. The van der Waals surface area contributed by atoms with Crippen molar-refractivity contribution in [2.75, 3.05) is 5.32 Å². The highest BCUT2D eigenvalue weighted by Crippen LogP contribution is 2.34. The van der Waals surface area contributed by atoms with Crippen LogP contribution in [0.5, 0.6) is 0 Å². The number of rotatable bonds is 1. The minimum Gasteiger partial charge on any atom is -0.325 e. The lowest BCUT2D eigenvalue weighted by Crippen LogP contribution is -2.12. The number of amides is 1. The Labute approximate surface area is 122 Å². The highest BCUT2D eigenvalue weighted by Gasteiger charge is 2.21. The summed E-state index contributed by atoms with van der Waals surface area (Å²) in [5.74, 6) is 0.937. The van der Waals surface area contributed by atoms with E-state index >= 15 is 0 Å². The van der Waals surface area contributed by atoms with E-state index in [-0.39, 0.29) is 18.2 Å². The van der Waals surface area contributed by atoms with Crippen LogP contribution in [0.15, 0.2) is 24.4 Å². The number of hydrogen-bond acceptors (Lipinski definition) is 3. The van der Waals surface area contributed by atoms with Crippen LogP contribution in [0.4, 0.5) is 5.69 Å². The number of anilines is 1. The molecule has 0 fully saturated rings. The Hall–Kier alpha value is -1.94. The summed E-state index contributed by atoms with van der Waals surface area (Å²) in [6.45, 7) is 4.08. The van der Waals surface area contributed by atoms with Gasteiger partial charge in [0, 0.05) is 28.3 Å². The van der Waals surface area contributed by atoms with E-state index in [0.717, 1.165) is 28.3 Å². The summed E-state index contributed by atoms with van der Waals surface area (Å²) >= 11 is 6.08. The van der Waals surface area contributed by atoms with Crippen molar-refractivity contribution in [1.82, 2.24) is 9.97 Å². The largest absolute Gasteiger partial charge is 0.325 e. The number of halogens is 1. The Kier molecular flexibility index (Phi) is 3.18. The van der Waals surface area contributed by atoms with Gasteiger partial charge in [-0.3, -0.25) is 4.79 Å². The SMILES string of the molecule is CC(C)c1ncc2c(n1)-c1cc(Cl)ccc1NC(=O)C2. The second-order valence-corrected chi connectivity index (χ2v) is 5.61. The molecule has 1 amide bonds. The summed E-state index contributed by atoms with van der Waals surface area (Å²) in [5.41, 5.74) is 3.21. The van der Waals surface area contributed by atoms with Crippen LogP contribution in [0.1, 0.15) is 31.2 Å². The predicted molar refractivity (Wildman–Crippen MR) is 78.9 cm³/mol. The first-order chi connectivity index (χ1) is 9.54. The van der Waals surface area contributed by atoms with E-state index < -0.39 is 0 Å². The Balaban J connectivity index is 2.27. The third kappa shape index (κ3) is 2.27. The van der Waals surface area contributed by atoms with Gasteiger partial charge in [0.05, 0.1) is 17.8 Å². The van der Waals surface area contributed by atoms with Crippen molar-refractivity contribution in [3.63, 3.8) is 0 Å². The van der Waals surface area contributed by atoms with Gasteiger partial charge in [-0.25, -0.2) is 9.97 Å². The maximum atomic E-state index is 11.9.